The monoisotopic (exact) mass is 352 g/mol. The number of rotatable bonds is 3. The number of nitrogens with zero attached hydrogens (tertiary/aromatic N) is 2. The van der Waals surface area contributed by atoms with Crippen molar-refractivity contribution < 1.29 is 9.32 Å². The first-order valence-corrected chi connectivity index (χ1v) is 7.97. The van der Waals surface area contributed by atoms with E-state index < -0.39 is 0 Å². The first-order valence-electron chi connectivity index (χ1n) is 7.59. The van der Waals surface area contributed by atoms with Gasteiger partial charge in [0.15, 0.2) is 0 Å². The summed E-state index contributed by atoms with van der Waals surface area (Å²) in [4.78, 5) is 12.8. The van der Waals surface area contributed by atoms with Gasteiger partial charge in [0.1, 0.15) is 17.0 Å². The zero-order valence-electron chi connectivity index (χ0n) is 13.2. The highest BCUT2D eigenvalue weighted by Gasteiger charge is 2.23. The van der Waals surface area contributed by atoms with E-state index in [-0.39, 0.29) is 5.91 Å². The molecule has 0 fully saturated rings. The van der Waals surface area contributed by atoms with Crippen molar-refractivity contribution in [1.82, 2.24) is 15.4 Å². The Morgan fingerprint density at radius 1 is 1.24 bits per heavy atom. The van der Waals surface area contributed by atoms with Crippen molar-refractivity contribution in [1.29, 1.82) is 0 Å². The van der Waals surface area contributed by atoms with Crippen LogP contribution in [0.25, 0.3) is 22.2 Å². The van der Waals surface area contributed by atoms with Gasteiger partial charge in [0.25, 0.3) is 5.91 Å². The Morgan fingerprint density at radius 3 is 2.92 bits per heavy atom. The Balaban J connectivity index is 1.71. The number of aromatic amines is 1. The lowest BCUT2D eigenvalue weighted by Gasteiger charge is -2.07. The van der Waals surface area contributed by atoms with Crippen molar-refractivity contribution in [2.24, 2.45) is 0 Å². The number of anilines is 1. The van der Waals surface area contributed by atoms with Gasteiger partial charge in [0.05, 0.1) is 16.7 Å². The minimum Gasteiger partial charge on any atom is -0.360 e. The predicted molar refractivity (Wildman–Crippen MR) is 95.7 cm³/mol. The fourth-order valence-electron chi connectivity index (χ4n) is 2.69. The van der Waals surface area contributed by atoms with E-state index in [1.807, 2.05) is 30.3 Å². The van der Waals surface area contributed by atoms with Crippen LogP contribution in [-0.2, 0) is 0 Å². The number of nitrogens with one attached hydrogen (secondary N) is 2. The van der Waals surface area contributed by atoms with Crippen LogP contribution in [0.15, 0.2) is 53.2 Å². The Labute approximate surface area is 147 Å². The molecule has 7 heteroatoms. The Kier molecular flexibility index (Phi) is 3.74. The highest BCUT2D eigenvalue weighted by molar-refractivity contribution is 6.33. The third-order valence-corrected chi connectivity index (χ3v) is 4.25. The van der Waals surface area contributed by atoms with Gasteiger partial charge in [-0.1, -0.05) is 35.0 Å². The molecule has 2 heterocycles. The molecule has 124 valence electrons. The number of H-pyrrole nitrogens is 1. The Bertz CT molecular complexity index is 1080. The first-order chi connectivity index (χ1) is 12.1. The average molecular weight is 353 g/mol. The van der Waals surface area contributed by atoms with E-state index in [9.17, 15) is 4.79 Å². The number of carbonyl (C=O) groups is 1. The lowest BCUT2D eigenvalue weighted by Crippen LogP contribution is -2.13. The smallest absolute Gasteiger partial charge is 0.261 e. The van der Waals surface area contributed by atoms with Crippen LogP contribution in [0.1, 0.15) is 16.1 Å². The lowest BCUT2D eigenvalue weighted by molar-refractivity contribution is 0.102. The van der Waals surface area contributed by atoms with E-state index in [2.05, 4.69) is 20.7 Å². The van der Waals surface area contributed by atoms with Crippen LogP contribution in [0.3, 0.4) is 0 Å². The summed E-state index contributed by atoms with van der Waals surface area (Å²) in [6.07, 6.45) is 1.72. The molecule has 1 amide bonds. The summed E-state index contributed by atoms with van der Waals surface area (Å²) >= 11 is 6.23. The van der Waals surface area contributed by atoms with Gasteiger partial charge in [0, 0.05) is 16.6 Å². The maximum Gasteiger partial charge on any atom is 0.261 e. The van der Waals surface area contributed by atoms with Crippen molar-refractivity contribution in [2.45, 2.75) is 6.92 Å². The van der Waals surface area contributed by atoms with Crippen LogP contribution in [0.4, 0.5) is 5.69 Å². The van der Waals surface area contributed by atoms with Crippen molar-refractivity contribution in [3.05, 3.63) is 65.0 Å². The quantitative estimate of drug-likeness (QED) is 0.571. The van der Waals surface area contributed by atoms with E-state index >= 15 is 0 Å². The number of fused-ring (bicyclic) bond motifs is 1. The number of benzene rings is 2. The minimum absolute atomic E-state index is 0.312. The molecule has 4 rings (SSSR count). The summed E-state index contributed by atoms with van der Waals surface area (Å²) < 4.78 is 5.24. The molecule has 4 aromatic rings. The number of hydrogen-bond acceptors (Lipinski definition) is 4. The standard InChI is InChI=1S/C18H13ClN4O2/c1-10-16(17(23-25-10)13-4-2-3-5-14(13)19)18(24)21-12-7-6-11-9-20-22-15(11)8-12/h2-9H,1H3,(H,20,22)(H,21,24). The second-order valence-electron chi connectivity index (χ2n) is 5.57. The van der Waals surface area contributed by atoms with Gasteiger partial charge in [0.2, 0.25) is 0 Å². The zero-order valence-corrected chi connectivity index (χ0v) is 14.0. The average Bonchev–Trinajstić information content (AvgIpc) is 3.21. The summed E-state index contributed by atoms with van der Waals surface area (Å²) in [6.45, 7) is 1.69. The summed E-state index contributed by atoms with van der Waals surface area (Å²) in [5.41, 5.74) is 2.91. The van der Waals surface area contributed by atoms with Crippen LogP contribution >= 0.6 is 11.6 Å². The van der Waals surface area contributed by atoms with Gasteiger partial charge in [-0.15, -0.1) is 0 Å². The summed E-state index contributed by atoms with van der Waals surface area (Å²) in [6, 6.07) is 12.7. The van der Waals surface area contributed by atoms with E-state index in [0.29, 0.717) is 33.3 Å². The molecule has 2 aromatic carbocycles. The highest BCUT2D eigenvalue weighted by Crippen LogP contribution is 2.31. The maximum atomic E-state index is 12.8. The van der Waals surface area contributed by atoms with Gasteiger partial charge in [-0.3, -0.25) is 9.89 Å². The fourth-order valence-corrected chi connectivity index (χ4v) is 2.91. The SMILES string of the molecule is Cc1onc(-c2ccccc2Cl)c1C(=O)Nc1ccc2cn[nH]c2c1. The molecule has 2 aromatic heterocycles. The van der Waals surface area contributed by atoms with Crippen molar-refractivity contribution in [3.63, 3.8) is 0 Å². The molecular weight excluding hydrogens is 340 g/mol. The topological polar surface area (TPSA) is 83.8 Å². The number of aromatic nitrogens is 3. The highest BCUT2D eigenvalue weighted by atomic mass is 35.5. The number of hydrogen-bond donors (Lipinski definition) is 2. The summed E-state index contributed by atoms with van der Waals surface area (Å²) in [5, 5.41) is 15.2. The second kappa shape index (κ2) is 6.07. The molecule has 0 saturated carbocycles. The van der Waals surface area contributed by atoms with Crippen LogP contribution in [0.2, 0.25) is 5.02 Å². The van der Waals surface area contributed by atoms with E-state index in [0.717, 1.165) is 10.9 Å². The zero-order chi connectivity index (χ0) is 17.4. The molecule has 0 atom stereocenters. The fraction of sp³-hybridized carbons (Fsp3) is 0.0556. The lowest BCUT2D eigenvalue weighted by atomic mass is 10.1. The molecule has 0 aliphatic carbocycles. The summed E-state index contributed by atoms with van der Waals surface area (Å²) in [7, 11) is 0. The predicted octanol–water partition coefficient (Wildman–Crippen LogP) is 4.43. The molecule has 0 radical (unpaired) electrons. The van der Waals surface area contributed by atoms with Crippen LogP contribution in [0.5, 0.6) is 0 Å². The van der Waals surface area contributed by atoms with Gasteiger partial charge in [-0.25, -0.2) is 0 Å². The van der Waals surface area contributed by atoms with Crippen molar-refractivity contribution >= 4 is 34.1 Å². The van der Waals surface area contributed by atoms with Gasteiger partial charge in [-0.05, 0) is 31.2 Å². The molecule has 0 saturated heterocycles. The van der Waals surface area contributed by atoms with Crippen LogP contribution in [0, 0.1) is 6.92 Å². The van der Waals surface area contributed by atoms with E-state index in [1.165, 1.54) is 0 Å². The number of carbonyl (C=O) groups excluding carboxylic acids is 1. The molecule has 25 heavy (non-hydrogen) atoms. The molecular formula is C18H13ClN4O2. The molecule has 0 aliphatic heterocycles. The minimum atomic E-state index is -0.312. The van der Waals surface area contributed by atoms with Crippen molar-refractivity contribution in [2.75, 3.05) is 5.32 Å². The molecule has 0 aliphatic rings. The van der Waals surface area contributed by atoms with Gasteiger partial charge < -0.3 is 9.84 Å². The van der Waals surface area contributed by atoms with Gasteiger partial charge >= 0.3 is 0 Å². The van der Waals surface area contributed by atoms with Crippen LogP contribution in [-0.4, -0.2) is 21.3 Å². The number of halogens is 1. The maximum absolute atomic E-state index is 12.8. The molecule has 2 N–H and O–H groups in total. The normalized spacial score (nSPS) is 11.0. The van der Waals surface area contributed by atoms with Crippen LogP contribution < -0.4 is 5.32 Å². The Hall–Kier alpha value is -3.12. The Morgan fingerprint density at radius 2 is 2.08 bits per heavy atom. The van der Waals surface area contributed by atoms with E-state index in [1.54, 1.807) is 25.3 Å². The largest absolute Gasteiger partial charge is 0.360 e. The number of aryl methyl sites for hydroxylation is 1. The molecule has 0 spiro atoms. The number of amides is 1. The van der Waals surface area contributed by atoms with Gasteiger partial charge in [-0.2, -0.15) is 5.10 Å². The summed E-state index contributed by atoms with van der Waals surface area (Å²) in [5.74, 6) is 0.113. The molecule has 0 bridgehead atoms. The molecule has 0 unspecified atom stereocenters. The van der Waals surface area contributed by atoms with E-state index in [4.69, 9.17) is 16.1 Å². The second-order valence-corrected chi connectivity index (χ2v) is 5.98. The molecule has 6 nitrogen and oxygen atoms in total. The first kappa shape index (κ1) is 15.4. The third-order valence-electron chi connectivity index (χ3n) is 3.92. The van der Waals surface area contributed by atoms with Crippen molar-refractivity contribution in [3.8, 4) is 11.3 Å². The third kappa shape index (κ3) is 2.77.